The number of carbonyl (C=O) groups is 1. The lowest BCUT2D eigenvalue weighted by atomic mass is 10.1. The van der Waals surface area contributed by atoms with Gasteiger partial charge < -0.3 is 9.88 Å². The SMILES string of the molecule is CCN(CC)C(=O)c1c[nH]c2ccc(S(=O)(=O)Nc3cccc(Cl)c3C)cc2c1=O. The predicted octanol–water partition coefficient (Wildman–Crippen LogP) is 3.77. The molecule has 1 aromatic heterocycles. The van der Waals surface area contributed by atoms with Crippen molar-refractivity contribution in [1.29, 1.82) is 0 Å². The number of nitrogens with zero attached hydrogens (tertiary/aromatic N) is 1. The van der Waals surface area contributed by atoms with Crippen molar-refractivity contribution >= 4 is 44.1 Å². The highest BCUT2D eigenvalue weighted by atomic mass is 35.5. The first-order chi connectivity index (χ1) is 14.2. The highest BCUT2D eigenvalue weighted by Crippen LogP contribution is 2.26. The highest BCUT2D eigenvalue weighted by Gasteiger charge is 2.21. The molecule has 0 aliphatic carbocycles. The molecule has 0 aliphatic rings. The number of sulfonamides is 1. The molecule has 30 heavy (non-hydrogen) atoms. The molecule has 1 amide bonds. The number of hydrogen-bond acceptors (Lipinski definition) is 4. The van der Waals surface area contributed by atoms with Crippen LogP contribution in [-0.2, 0) is 10.0 Å². The molecule has 0 unspecified atom stereocenters. The number of carbonyl (C=O) groups excluding carboxylic acids is 1. The quantitative estimate of drug-likeness (QED) is 0.600. The average molecular weight is 448 g/mol. The van der Waals surface area contributed by atoms with E-state index >= 15 is 0 Å². The molecule has 158 valence electrons. The average Bonchev–Trinajstić information content (AvgIpc) is 2.72. The van der Waals surface area contributed by atoms with Gasteiger partial charge in [0.05, 0.1) is 10.6 Å². The fourth-order valence-electron chi connectivity index (χ4n) is 3.13. The Morgan fingerprint density at radius 3 is 2.53 bits per heavy atom. The van der Waals surface area contributed by atoms with Crippen LogP contribution < -0.4 is 10.2 Å². The summed E-state index contributed by atoms with van der Waals surface area (Å²) in [6, 6.07) is 9.08. The summed E-state index contributed by atoms with van der Waals surface area (Å²) in [6.45, 7) is 6.28. The summed E-state index contributed by atoms with van der Waals surface area (Å²) in [5, 5.41) is 0.559. The molecule has 9 heteroatoms. The first kappa shape index (κ1) is 21.9. The van der Waals surface area contributed by atoms with Crippen LogP contribution in [0.5, 0.6) is 0 Å². The smallest absolute Gasteiger partial charge is 0.261 e. The van der Waals surface area contributed by atoms with E-state index < -0.39 is 21.4 Å². The fraction of sp³-hybridized carbons (Fsp3) is 0.238. The number of halogens is 1. The van der Waals surface area contributed by atoms with Gasteiger partial charge in [0.1, 0.15) is 5.56 Å². The molecule has 0 fully saturated rings. The molecule has 0 radical (unpaired) electrons. The lowest BCUT2D eigenvalue weighted by Gasteiger charge is -2.18. The number of aromatic nitrogens is 1. The van der Waals surface area contributed by atoms with Gasteiger partial charge in [-0.05, 0) is 56.7 Å². The van der Waals surface area contributed by atoms with Crippen LogP contribution in [-0.4, -0.2) is 37.3 Å². The van der Waals surface area contributed by atoms with Gasteiger partial charge in [-0.2, -0.15) is 0 Å². The monoisotopic (exact) mass is 447 g/mol. The third-order valence-corrected chi connectivity index (χ3v) is 6.73. The van der Waals surface area contributed by atoms with Gasteiger partial charge in [0.25, 0.3) is 15.9 Å². The van der Waals surface area contributed by atoms with E-state index in [1.165, 1.54) is 29.3 Å². The summed E-state index contributed by atoms with van der Waals surface area (Å²) in [5.41, 5.74) is 0.834. The van der Waals surface area contributed by atoms with Gasteiger partial charge >= 0.3 is 0 Å². The van der Waals surface area contributed by atoms with Crippen LogP contribution in [0.4, 0.5) is 5.69 Å². The number of nitrogens with one attached hydrogen (secondary N) is 2. The minimum Gasteiger partial charge on any atom is -0.360 e. The van der Waals surface area contributed by atoms with Crippen molar-refractivity contribution in [2.75, 3.05) is 17.8 Å². The molecule has 0 bridgehead atoms. The van der Waals surface area contributed by atoms with Gasteiger partial charge in [0.2, 0.25) is 5.43 Å². The van der Waals surface area contributed by atoms with E-state index in [1.807, 2.05) is 13.8 Å². The second-order valence-corrected chi connectivity index (χ2v) is 8.82. The largest absolute Gasteiger partial charge is 0.360 e. The van der Waals surface area contributed by atoms with E-state index in [4.69, 9.17) is 11.6 Å². The zero-order chi connectivity index (χ0) is 22.1. The number of amides is 1. The van der Waals surface area contributed by atoms with Crippen molar-refractivity contribution in [2.45, 2.75) is 25.7 Å². The van der Waals surface area contributed by atoms with Gasteiger partial charge in [-0.15, -0.1) is 0 Å². The zero-order valence-electron chi connectivity index (χ0n) is 16.8. The van der Waals surface area contributed by atoms with Gasteiger partial charge in [0.15, 0.2) is 0 Å². The van der Waals surface area contributed by atoms with Gasteiger partial charge in [-0.25, -0.2) is 8.42 Å². The summed E-state index contributed by atoms with van der Waals surface area (Å²) < 4.78 is 28.3. The first-order valence-electron chi connectivity index (χ1n) is 9.42. The van der Waals surface area contributed by atoms with E-state index in [1.54, 1.807) is 25.1 Å². The number of benzene rings is 2. The second-order valence-electron chi connectivity index (χ2n) is 6.73. The van der Waals surface area contributed by atoms with Gasteiger partial charge in [-0.3, -0.25) is 14.3 Å². The molecule has 3 rings (SSSR count). The third-order valence-electron chi connectivity index (χ3n) is 4.96. The normalized spacial score (nSPS) is 11.5. The Hall–Kier alpha value is -2.84. The molecule has 0 atom stereocenters. The Morgan fingerprint density at radius 1 is 1.17 bits per heavy atom. The maximum atomic E-state index is 12.9. The van der Waals surface area contributed by atoms with E-state index in [2.05, 4.69) is 9.71 Å². The van der Waals surface area contributed by atoms with Crippen LogP contribution >= 0.6 is 11.6 Å². The van der Waals surface area contributed by atoms with Crippen LogP contribution in [0.25, 0.3) is 10.9 Å². The number of hydrogen-bond donors (Lipinski definition) is 2. The second kappa shape index (κ2) is 8.49. The number of pyridine rings is 1. The minimum atomic E-state index is -3.98. The van der Waals surface area contributed by atoms with Crippen LogP contribution in [0.2, 0.25) is 5.02 Å². The zero-order valence-corrected chi connectivity index (χ0v) is 18.4. The van der Waals surface area contributed by atoms with Crippen LogP contribution in [0, 0.1) is 6.92 Å². The first-order valence-corrected chi connectivity index (χ1v) is 11.3. The van der Waals surface area contributed by atoms with Crippen molar-refractivity contribution in [2.24, 2.45) is 0 Å². The summed E-state index contributed by atoms with van der Waals surface area (Å²) in [4.78, 5) is 29.9. The van der Waals surface area contributed by atoms with Crippen molar-refractivity contribution in [3.63, 3.8) is 0 Å². The Balaban J connectivity index is 2.07. The number of anilines is 1. The van der Waals surface area contributed by atoms with Crippen molar-refractivity contribution in [3.05, 3.63) is 69.0 Å². The lowest BCUT2D eigenvalue weighted by molar-refractivity contribution is 0.0771. The Morgan fingerprint density at radius 2 is 1.87 bits per heavy atom. The fourth-order valence-corrected chi connectivity index (χ4v) is 4.45. The molecule has 0 saturated heterocycles. The van der Waals surface area contributed by atoms with Crippen LogP contribution in [0.3, 0.4) is 0 Å². The molecular formula is C21H22ClN3O4S. The van der Waals surface area contributed by atoms with Crippen LogP contribution in [0.15, 0.2) is 52.3 Å². The maximum absolute atomic E-state index is 12.9. The Kier molecular flexibility index (Phi) is 6.19. The van der Waals surface area contributed by atoms with E-state index in [-0.39, 0.29) is 15.8 Å². The number of H-pyrrole nitrogens is 1. The topological polar surface area (TPSA) is 99.3 Å². The van der Waals surface area contributed by atoms with Gasteiger partial charge in [0, 0.05) is 35.2 Å². The molecular weight excluding hydrogens is 426 g/mol. The molecule has 3 aromatic rings. The Bertz CT molecular complexity index is 1280. The van der Waals surface area contributed by atoms with Crippen molar-refractivity contribution in [1.82, 2.24) is 9.88 Å². The predicted molar refractivity (Wildman–Crippen MR) is 119 cm³/mol. The van der Waals surface area contributed by atoms with Crippen LogP contribution in [0.1, 0.15) is 29.8 Å². The maximum Gasteiger partial charge on any atom is 0.261 e. The van der Waals surface area contributed by atoms with Crippen molar-refractivity contribution < 1.29 is 13.2 Å². The molecule has 0 saturated carbocycles. The summed E-state index contributed by atoms with van der Waals surface area (Å²) in [7, 11) is -3.98. The lowest BCUT2D eigenvalue weighted by Crippen LogP contribution is -2.34. The molecule has 0 aliphatic heterocycles. The summed E-state index contributed by atoms with van der Waals surface area (Å²) in [5.74, 6) is -0.399. The molecule has 0 spiro atoms. The number of fused-ring (bicyclic) bond motifs is 1. The van der Waals surface area contributed by atoms with E-state index in [0.717, 1.165) is 0 Å². The van der Waals surface area contributed by atoms with E-state index in [0.29, 0.717) is 34.9 Å². The number of aromatic amines is 1. The third kappa shape index (κ3) is 4.06. The summed E-state index contributed by atoms with van der Waals surface area (Å²) in [6.07, 6.45) is 1.37. The van der Waals surface area contributed by atoms with Gasteiger partial charge in [-0.1, -0.05) is 17.7 Å². The highest BCUT2D eigenvalue weighted by molar-refractivity contribution is 7.92. The molecule has 7 nitrogen and oxygen atoms in total. The molecule has 2 N–H and O–H groups in total. The standard InChI is InChI=1S/C21H22ClN3O4S/c1-4-25(5-2)21(27)16-12-23-19-10-9-14(11-15(19)20(16)26)30(28,29)24-18-8-6-7-17(22)13(18)3/h6-12,24H,4-5H2,1-3H3,(H,23,26). The minimum absolute atomic E-state index is 0.0283. The van der Waals surface area contributed by atoms with Crippen molar-refractivity contribution in [3.8, 4) is 0 Å². The molecule has 2 aromatic carbocycles. The molecule has 1 heterocycles. The summed E-state index contributed by atoms with van der Waals surface area (Å²) >= 11 is 6.07. The number of rotatable bonds is 6. The van der Waals surface area contributed by atoms with E-state index in [9.17, 15) is 18.0 Å². The Labute approximate surface area is 179 Å².